The zero-order valence-electron chi connectivity index (χ0n) is 22.1. The number of nitrogens with zero attached hydrogens (tertiary/aromatic N) is 3. The van der Waals surface area contributed by atoms with Gasteiger partial charge in [0.1, 0.15) is 11.5 Å². The molecule has 0 atom stereocenters. The maximum absolute atomic E-state index is 9.34. The minimum atomic E-state index is -0.257. The number of fused-ring (bicyclic) bond motifs is 2. The van der Waals surface area contributed by atoms with E-state index in [-0.39, 0.29) is 11.1 Å². The average Bonchev–Trinajstić information content (AvgIpc) is 2.94. The zero-order chi connectivity index (χ0) is 27.4. The molecule has 2 aliphatic rings. The Bertz CT molecular complexity index is 1590. The standard InChI is InChI=1S/C34H27N3OS/c1-34(2,3)33-22-25(28(23-35)36-4)21-27(38-33)12-6-5-11-24-17-19-26(20-18-24)37-29-13-7-9-15-31(29)39-32-16-10-8-14-30(32)37/h5-22H,1-3H3. The topological polar surface area (TPSA) is 40.6 Å². The molecule has 190 valence electrons. The van der Waals surface area contributed by atoms with Gasteiger partial charge in [-0.25, -0.2) is 10.1 Å². The van der Waals surface area contributed by atoms with E-state index in [2.05, 4.69) is 82.5 Å². The molecule has 0 N–H and O–H groups in total. The summed E-state index contributed by atoms with van der Waals surface area (Å²) < 4.78 is 6.06. The highest BCUT2D eigenvalue weighted by Gasteiger charge is 2.25. The molecule has 3 aromatic carbocycles. The van der Waals surface area contributed by atoms with E-state index in [4.69, 9.17) is 11.3 Å². The van der Waals surface area contributed by atoms with Crippen molar-refractivity contribution >= 4 is 34.9 Å². The first-order chi connectivity index (χ1) is 18.9. The lowest BCUT2D eigenvalue weighted by Crippen LogP contribution is -2.14. The zero-order valence-corrected chi connectivity index (χ0v) is 22.9. The normalized spacial score (nSPS) is 16.0. The molecule has 0 spiro atoms. The Kier molecular flexibility index (Phi) is 7.28. The summed E-state index contributed by atoms with van der Waals surface area (Å²) in [4.78, 5) is 8.16. The van der Waals surface area contributed by atoms with E-state index in [0.29, 0.717) is 11.3 Å². The highest BCUT2D eigenvalue weighted by molar-refractivity contribution is 7.99. The first-order valence-electron chi connectivity index (χ1n) is 12.6. The lowest BCUT2D eigenvalue weighted by molar-refractivity contribution is 0.223. The van der Waals surface area contributed by atoms with Crippen LogP contribution in [0, 0.1) is 23.3 Å². The van der Waals surface area contributed by atoms with E-state index in [1.54, 1.807) is 23.9 Å². The molecule has 39 heavy (non-hydrogen) atoms. The third-order valence-corrected chi connectivity index (χ3v) is 7.42. The monoisotopic (exact) mass is 525 g/mol. The van der Waals surface area contributed by atoms with E-state index in [0.717, 1.165) is 17.0 Å². The van der Waals surface area contributed by atoms with Crippen LogP contribution in [0.5, 0.6) is 0 Å². The molecule has 2 aliphatic heterocycles. The summed E-state index contributed by atoms with van der Waals surface area (Å²) in [6.07, 6.45) is 11.3. The number of rotatable bonds is 4. The fourth-order valence-corrected chi connectivity index (χ4v) is 5.36. The van der Waals surface area contributed by atoms with Gasteiger partial charge in [0.05, 0.1) is 24.0 Å². The fourth-order valence-electron chi connectivity index (χ4n) is 4.30. The molecule has 0 saturated carbocycles. The molecule has 5 heteroatoms. The van der Waals surface area contributed by atoms with Crippen LogP contribution < -0.4 is 4.90 Å². The number of allylic oxidation sites excluding steroid dienone is 8. The first-order valence-corrected chi connectivity index (χ1v) is 13.4. The molecule has 0 unspecified atom stereocenters. The summed E-state index contributed by atoms with van der Waals surface area (Å²) in [5.41, 5.74) is 4.92. The van der Waals surface area contributed by atoms with Crippen molar-refractivity contribution in [2.45, 2.75) is 30.6 Å². The molecule has 4 nitrogen and oxygen atoms in total. The molecular formula is C34H27N3OS. The van der Waals surface area contributed by atoms with Crippen LogP contribution >= 0.6 is 11.8 Å². The maximum atomic E-state index is 9.34. The maximum Gasteiger partial charge on any atom is 0.269 e. The number of benzene rings is 3. The number of anilines is 3. The second-order valence-corrected chi connectivity index (χ2v) is 11.2. The van der Waals surface area contributed by atoms with Gasteiger partial charge in [0, 0.05) is 20.9 Å². The summed E-state index contributed by atoms with van der Waals surface area (Å²) in [6, 6.07) is 27.5. The summed E-state index contributed by atoms with van der Waals surface area (Å²) in [6.45, 7) is 13.4. The lowest BCUT2D eigenvalue weighted by Gasteiger charge is -2.32. The van der Waals surface area contributed by atoms with Gasteiger partial charge < -0.3 is 9.64 Å². The minimum absolute atomic E-state index is 0.0547. The molecular weight excluding hydrogens is 498 g/mol. The van der Waals surface area contributed by atoms with Crippen molar-refractivity contribution in [1.82, 2.24) is 0 Å². The number of nitriles is 1. The lowest BCUT2D eigenvalue weighted by atomic mass is 9.91. The third kappa shape index (κ3) is 5.60. The third-order valence-electron chi connectivity index (χ3n) is 6.29. The van der Waals surface area contributed by atoms with Crippen molar-refractivity contribution in [2.24, 2.45) is 5.41 Å². The van der Waals surface area contributed by atoms with Crippen molar-refractivity contribution in [3.63, 3.8) is 0 Å². The molecule has 0 bridgehead atoms. The number of para-hydroxylation sites is 2. The fraction of sp³-hybridized carbons (Fsp3) is 0.118. The Hall–Kier alpha value is -4.71. The molecule has 2 heterocycles. The van der Waals surface area contributed by atoms with Gasteiger partial charge >= 0.3 is 0 Å². The Morgan fingerprint density at radius 1 is 0.897 bits per heavy atom. The minimum Gasteiger partial charge on any atom is -0.461 e. The van der Waals surface area contributed by atoms with Gasteiger partial charge in [0.2, 0.25) is 0 Å². The van der Waals surface area contributed by atoms with Crippen LogP contribution in [0.3, 0.4) is 0 Å². The molecule has 0 aliphatic carbocycles. The van der Waals surface area contributed by atoms with E-state index in [9.17, 15) is 5.26 Å². The Morgan fingerprint density at radius 3 is 2.10 bits per heavy atom. The molecule has 0 saturated heterocycles. The van der Waals surface area contributed by atoms with Crippen LogP contribution in [-0.4, -0.2) is 0 Å². The highest BCUT2D eigenvalue weighted by Crippen LogP contribution is 2.51. The Balaban J connectivity index is 1.35. The van der Waals surface area contributed by atoms with Gasteiger partial charge in [-0.05, 0) is 65.8 Å². The Labute approximate surface area is 234 Å². The van der Waals surface area contributed by atoms with Crippen molar-refractivity contribution in [3.8, 4) is 6.07 Å². The summed E-state index contributed by atoms with van der Waals surface area (Å²) >= 11 is 1.80. The first kappa shape index (κ1) is 25.9. The predicted molar refractivity (Wildman–Crippen MR) is 159 cm³/mol. The SMILES string of the molecule is [C-]#[N+]C(C#N)=C1C=C(C=CC=Cc2ccc(N3c4ccccc4Sc4ccccc43)cc2)OC(C(C)(C)C)=C1. The van der Waals surface area contributed by atoms with Crippen LogP contribution in [0.1, 0.15) is 26.3 Å². The number of hydrogen-bond donors (Lipinski definition) is 0. The van der Waals surface area contributed by atoms with Gasteiger partial charge in [0.25, 0.3) is 5.70 Å². The second kappa shape index (κ2) is 11.0. The molecule has 0 amide bonds. The average molecular weight is 526 g/mol. The van der Waals surface area contributed by atoms with Crippen molar-refractivity contribution in [2.75, 3.05) is 4.90 Å². The smallest absolute Gasteiger partial charge is 0.269 e. The van der Waals surface area contributed by atoms with Crippen molar-refractivity contribution in [3.05, 3.63) is 143 Å². The highest BCUT2D eigenvalue weighted by atomic mass is 32.2. The van der Waals surface area contributed by atoms with Crippen LogP contribution in [0.4, 0.5) is 17.1 Å². The molecule has 3 aromatic rings. The predicted octanol–water partition coefficient (Wildman–Crippen LogP) is 9.73. The molecule has 0 aromatic heterocycles. The van der Waals surface area contributed by atoms with E-state index >= 15 is 0 Å². The van der Waals surface area contributed by atoms with Gasteiger partial charge in [-0.15, -0.1) is 0 Å². The van der Waals surface area contributed by atoms with Crippen molar-refractivity contribution < 1.29 is 4.74 Å². The molecule has 0 fully saturated rings. The quantitative estimate of drug-likeness (QED) is 0.151. The Morgan fingerprint density at radius 2 is 1.51 bits per heavy atom. The number of hydrogen-bond acceptors (Lipinski definition) is 4. The van der Waals surface area contributed by atoms with Crippen LogP contribution in [-0.2, 0) is 4.74 Å². The van der Waals surface area contributed by atoms with Crippen LogP contribution in [0.2, 0.25) is 0 Å². The van der Waals surface area contributed by atoms with Crippen LogP contribution in [0.25, 0.3) is 10.9 Å². The summed E-state index contributed by atoms with van der Waals surface area (Å²) in [5.74, 6) is 1.31. The molecule has 5 rings (SSSR count). The second-order valence-electron chi connectivity index (χ2n) is 10.1. The van der Waals surface area contributed by atoms with Crippen molar-refractivity contribution in [1.29, 1.82) is 5.26 Å². The van der Waals surface area contributed by atoms with E-state index in [1.807, 2.05) is 51.1 Å². The summed E-state index contributed by atoms with van der Waals surface area (Å²) in [5, 5.41) is 9.34. The number of ether oxygens (including phenoxy) is 1. The van der Waals surface area contributed by atoms with E-state index in [1.165, 1.54) is 21.2 Å². The summed E-state index contributed by atoms with van der Waals surface area (Å²) in [7, 11) is 0. The largest absolute Gasteiger partial charge is 0.461 e. The van der Waals surface area contributed by atoms with Crippen LogP contribution in [0.15, 0.2) is 136 Å². The van der Waals surface area contributed by atoms with Gasteiger partial charge in [-0.3, -0.25) is 0 Å². The van der Waals surface area contributed by atoms with E-state index < -0.39 is 0 Å². The van der Waals surface area contributed by atoms with Gasteiger partial charge in [-0.1, -0.05) is 87.2 Å². The van der Waals surface area contributed by atoms with Gasteiger partial charge in [0.15, 0.2) is 0 Å². The van der Waals surface area contributed by atoms with Gasteiger partial charge in [-0.2, -0.15) is 0 Å². The molecule has 0 radical (unpaired) electrons.